The Morgan fingerprint density at radius 3 is 2.88 bits per heavy atom. The molecule has 122 valence electrons. The van der Waals surface area contributed by atoms with E-state index in [1.165, 1.54) is 10.7 Å². The van der Waals surface area contributed by atoms with Crippen molar-refractivity contribution in [3.8, 4) is 0 Å². The lowest BCUT2D eigenvalue weighted by Crippen LogP contribution is -2.33. The van der Waals surface area contributed by atoms with E-state index in [1.807, 2.05) is 24.3 Å². The number of hydrogen-bond donors (Lipinski definition) is 2. The standard InChI is InChI=1S/C17H17N5O2/c23-16(10-22-17(24)8-7-12(21-22)11-5-6-11)18-9-15-19-13-3-1-2-4-14(13)20-15/h1-4,7-8,11H,5-6,9-10H2,(H,18,23)(H,19,20). The monoisotopic (exact) mass is 323 g/mol. The molecule has 3 aromatic rings. The van der Waals surface area contributed by atoms with Gasteiger partial charge in [-0.2, -0.15) is 5.10 Å². The fourth-order valence-corrected chi connectivity index (χ4v) is 2.64. The number of carbonyl (C=O) groups is 1. The molecule has 1 aliphatic rings. The summed E-state index contributed by atoms with van der Waals surface area (Å²) in [6.07, 6.45) is 2.20. The van der Waals surface area contributed by atoms with Crippen molar-refractivity contribution < 1.29 is 4.79 Å². The Kier molecular flexibility index (Phi) is 3.60. The number of rotatable bonds is 5. The van der Waals surface area contributed by atoms with Crippen LogP contribution in [0.5, 0.6) is 0 Å². The lowest BCUT2D eigenvalue weighted by molar-refractivity contribution is -0.122. The zero-order chi connectivity index (χ0) is 16.5. The molecular formula is C17H17N5O2. The molecule has 1 fully saturated rings. The number of para-hydroxylation sites is 2. The van der Waals surface area contributed by atoms with Crippen molar-refractivity contribution in [2.24, 2.45) is 0 Å². The molecule has 2 N–H and O–H groups in total. The summed E-state index contributed by atoms with van der Waals surface area (Å²) >= 11 is 0. The number of nitrogens with one attached hydrogen (secondary N) is 2. The van der Waals surface area contributed by atoms with E-state index < -0.39 is 0 Å². The molecule has 1 aliphatic carbocycles. The first kappa shape index (κ1) is 14.6. The van der Waals surface area contributed by atoms with Crippen LogP contribution in [-0.4, -0.2) is 25.7 Å². The quantitative estimate of drug-likeness (QED) is 0.740. The number of aromatic amines is 1. The fourth-order valence-electron chi connectivity index (χ4n) is 2.64. The molecule has 1 aromatic carbocycles. The third kappa shape index (κ3) is 3.05. The van der Waals surface area contributed by atoms with Crippen molar-refractivity contribution >= 4 is 16.9 Å². The summed E-state index contributed by atoms with van der Waals surface area (Å²) in [5.41, 5.74) is 2.41. The van der Waals surface area contributed by atoms with Crippen molar-refractivity contribution in [2.75, 3.05) is 0 Å². The Morgan fingerprint density at radius 1 is 1.25 bits per heavy atom. The Morgan fingerprint density at radius 2 is 2.08 bits per heavy atom. The molecule has 2 aromatic heterocycles. The number of nitrogens with zero attached hydrogens (tertiary/aromatic N) is 3. The van der Waals surface area contributed by atoms with Crippen LogP contribution in [0.3, 0.4) is 0 Å². The summed E-state index contributed by atoms with van der Waals surface area (Å²) in [6, 6.07) is 10.9. The molecule has 1 saturated carbocycles. The first-order valence-electron chi connectivity index (χ1n) is 7.97. The van der Waals surface area contributed by atoms with Crippen LogP contribution in [0.25, 0.3) is 11.0 Å². The number of carbonyl (C=O) groups excluding carboxylic acids is 1. The zero-order valence-electron chi connectivity index (χ0n) is 13.0. The smallest absolute Gasteiger partial charge is 0.267 e. The van der Waals surface area contributed by atoms with Crippen LogP contribution in [0.4, 0.5) is 0 Å². The molecule has 2 heterocycles. The van der Waals surface area contributed by atoms with Gasteiger partial charge in [0.1, 0.15) is 12.4 Å². The topological polar surface area (TPSA) is 92.7 Å². The summed E-state index contributed by atoms with van der Waals surface area (Å²) in [7, 11) is 0. The number of hydrogen-bond acceptors (Lipinski definition) is 4. The largest absolute Gasteiger partial charge is 0.347 e. The second-order valence-corrected chi connectivity index (χ2v) is 6.01. The van der Waals surface area contributed by atoms with Crippen molar-refractivity contribution in [1.29, 1.82) is 0 Å². The molecule has 4 rings (SSSR count). The molecule has 0 bridgehead atoms. The summed E-state index contributed by atoms with van der Waals surface area (Å²) in [5, 5.41) is 7.05. The third-order valence-corrected chi connectivity index (χ3v) is 4.07. The van der Waals surface area contributed by atoms with E-state index in [0.717, 1.165) is 29.6 Å². The Labute approximate surface area is 137 Å². The molecule has 0 spiro atoms. The van der Waals surface area contributed by atoms with Gasteiger partial charge in [0.05, 0.1) is 23.3 Å². The highest BCUT2D eigenvalue weighted by molar-refractivity contribution is 5.76. The third-order valence-electron chi connectivity index (χ3n) is 4.07. The lowest BCUT2D eigenvalue weighted by Gasteiger charge is -2.07. The van der Waals surface area contributed by atoms with Gasteiger partial charge in [0, 0.05) is 12.0 Å². The van der Waals surface area contributed by atoms with Crippen LogP contribution in [0.15, 0.2) is 41.2 Å². The highest BCUT2D eigenvalue weighted by atomic mass is 16.2. The normalized spacial score (nSPS) is 14.0. The molecule has 0 aliphatic heterocycles. The lowest BCUT2D eigenvalue weighted by atomic mass is 10.3. The first-order chi connectivity index (χ1) is 11.7. The van der Waals surface area contributed by atoms with E-state index in [1.54, 1.807) is 6.07 Å². The van der Waals surface area contributed by atoms with E-state index >= 15 is 0 Å². The second-order valence-electron chi connectivity index (χ2n) is 6.01. The SMILES string of the molecule is O=C(Cn1nc(C2CC2)ccc1=O)NCc1nc2ccccc2[nH]1. The Balaban J connectivity index is 1.41. The molecular weight excluding hydrogens is 306 g/mol. The van der Waals surface area contributed by atoms with E-state index in [4.69, 9.17) is 0 Å². The molecule has 0 radical (unpaired) electrons. The van der Waals surface area contributed by atoms with Gasteiger partial charge in [-0.3, -0.25) is 9.59 Å². The zero-order valence-corrected chi connectivity index (χ0v) is 13.0. The van der Waals surface area contributed by atoms with Crippen molar-refractivity contribution in [1.82, 2.24) is 25.1 Å². The van der Waals surface area contributed by atoms with Gasteiger partial charge in [-0.15, -0.1) is 0 Å². The summed E-state index contributed by atoms with van der Waals surface area (Å²) < 4.78 is 1.22. The number of amides is 1. The average molecular weight is 323 g/mol. The van der Waals surface area contributed by atoms with Crippen LogP contribution in [0.2, 0.25) is 0 Å². The Bertz CT molecular complexity index is 922. The van der Waals surface area contributed by atoms with Crippen LogP contribution in [0.1, 0.15) is 30.3 Å². The number of benzene rings is 1. The van der Waals surface area contributed by atoms with E-state index in [9.17, 15) is 9.59 Å². The van der Waals surface area contributed by atoms with Gasteiger partial charge in [0.25, 0.3) is 5.56 Å². The van der Waals surface area contributed by atoms with Crippen LogP contribution in [0, 0.1) is 0 Å². The van der Waals surface area contributed by atoms with Gasteiger partial charge in [0.2, 0.25) is 5.91 Å². The second kappa shape index (κ2) is 5.92. The van der Waals surface area contributed by atoms with Gasteiger partial charge >= 0.3 is 0 Å². The van der Waals surface area contributed by atoms with E-state index in [-0.39, 0.29) is 24.6 Å². The predicted octanol–water partition coefficient (Wildman–Crippen LogP) is 1.31. The number of aromatic nitrogens is 4. The number of H-pyrrole nitrogens is 1. The van der Waals surface area contributed by atoms with Crippen LogP contribution < -0.4 is 10.9 Å². The van der Waals surface area contributed by atoms with E-state index in [0.29, 0.717) is 11.7 Å². The highest BCUT2D eigenvalue weighted by Crippen LogP contribution is 2.38. The molecule has 24 heavy (non-hydrogen) atoms. The van der Waals surface area contributed by atoms with Crippen LogP contribution >= 0.6 is 0 Å². The molecule has 7 nitrogen and oxygen atoms in total. The maximum Gasteiger partial charge on any atom is 0.267 e. The summed E-state index contributed by atoms with van der Waals surface area (Å²) in [6.45, 7) is 0.199. The van der Waals surface area contributed by atoms with Gasteiger partial charge in [-0.25, -0.2) is 9.67 Å². The van der Waals surface area contributed by atoms with Crippen molar-refractivity contribution in [3.63, 3.8) is 0 Å². The summed E-state index contributed by atoms with van der Waals surface area (Å²) in [5.74, 6) is 0.852. The predicted molar refractivity (Wildman–Crippen MR) is 88.4 cm³/mol. The minimum absolute atomic E-state index is 0.0837. The molecule has 7 heteroatoms. The molecule has 0 saturated heterocycles. The highest BCUT2D eigenvalue weighted by Gasteiger charge is 2.25. The van der Waals surface area contributed by atoms with Gasteiger partial charge in [-0.1, -0.05) is 12.1 Å². The van der Waals surface area contributed by atoms with Gasteiger partial charge < -0.3 is 10.3 Å². The minimum atomic E-state index is -0.266. The number of fused-ring (bicyclic) bond motifs is 1. The van der Waals surface area contributed by atoms with Gasteiger partial charge in [0.15, 0.2) is 0 Å². The van der Waals surface area contributed by atoms with Crippen molar-refractivity contribution in [3.05, 3.63) is 58.3 Å². The van der Waals surface area contributed by atoms with Crippen molar-refractivity contribution in [2.45, 2.75) is 31.8 Å². The number of imidazole rings is 1. The first-order valence-corrected chi connectivity index (χ1v) is 7.97. The van der Waals surface area contributed by atoms with E-state index in [2.05, 4.69) is 20.4 Å². The van der Waals surface area contributed by atoms with Gasteiger partial charge in [-0.05, 0) is 31.0 Å². The maximum atomic E-state index is 12.1. The summed E-state index contributed by atoms with van der Waals surface area (Å²) in [4.78, 5) is 31.5. The molecule has 0 unspecified atom stereocenters. The minimum Gasteiger partial charge on any atom is -0.347 e. The van der Waals surface area contributed by atoms with Crippen LogP contribution in [-0.2, 0) is 17.9 Å². The maximum absolute atomic E-state index is 12.1. The molecule has 0 atom stereocenters. The fraction of sp³-hybridized carbons (Fsp3) is 0.294. The average Bonchev–Trinajstić information content (AvgIpc) is 3.34. The Hall–Kier alpha value is -2.96. The molecule has 1 amide bonds.